The van der Waals surface area contributed by atoms with Crippen molar-refractivity contribution in [1.29, 1.82) is 0 Å². The van der Waals surface area contributed by atoms with E-state index < -0.39 is 18.1 Å². The molecule has 0 saturated heterocycles. The highest BCUT2D eigenvalue weighted by Crippen LogP contribution is 2.43. The van der Waals surface area contributed by atoms with E-state index in [1.807, 2.05) is 72.3 Å². The second-order valence-corrected chi connectivity index (χ2v) is 8.27. The molecule has 2 atom stereocenters. The van der Waals surface area contributed by atoms with Gasteiger partial charge in [-0.3, -0.25) is 4.79 Å². The minimum absolute atomic E-state index is 0.275. The third-order valence-corrected chi connectivity index (χ3v) is 6.50. The van der Waals surface area contributed by atoms with E-state index in [1.165, 1.54) is 12.0 Å². The number of ether oxygens (including phenoxy) is 1. The maximum Gasteiger partial charge on any atom is 0.328 e. The zero-order chi connectivity index (χ0) is 23.1. The van der Waals surface area contributed by atoms with E-state index in [-0.39, 0.29) is 11.8 Å². The normalized spacial score (nSPS) is 17.7. The lowest BCUT2D eigenvalue weighted by atomic mass is 9.90. The number of hydrogen-bond donors (Lipinski definition) is 0. The fraction of sp³-hybridized carbons (Fsp3) is 0.240. The Morgan fingerprint density at radius 3 is 2.61 bits per heavy atom. The summed E-state index contributed by atoms with van der Waals surface area (Å²) in [6.07, 6.45) is 0.322. The lowest BCUT2D eigenvalue weighted by Gasteiger charge is -2.39. The van der Waals surface area contributed by atoms with Crippen LogP contribution in [0.4, 0.5) is 0 Å². The van der Waals surface area contributed by atoms with Gasteiger partial charge in [-0.15, -0.1) is 11.6 Å². The number of hydrogen-bond acceptors (Lipinski definition) is 5. The van der Waals surface area contributed by atoms with Crippen molar-refractivity contribution < 1.29 is 18.8 Å². The number of rotatable bonds is 4. The number of aromatic nitrogens is 2. The minimum atomic E-state index is -0.838. The number of amides is 1. The van der Waals surface area contributed by atoms with Crippen molar-refractivity contribution in [2.45, 2.75) is 18.5 Å². The first-order valence-electron chi connectivity index (χ1n) is 10.6. The van der Waals surface area contributed by atoms with Crippen LogP contribution in [-0.4, -0.2) is 45.5 Å². The van der Waals surface area contributed by atoms with Crippen LogP contribution in [0.25, 0.3) is 22.2 Å². The summed E-state index contributed by atoms with van der Waals surface area (Å²) >= 11 is 6.00. The number of aryl methyl sites for hydroxylation is 1. The number of nitrogens with zero attached hydrogens (tertiary/aromatic N) is 3. The number of halogens is 1. The predicted molar refractivity (Wildman–Crippen MR) is 124 cm³/mol. The van der Waals surface area contributed by atoms with Crippen LogP contribution in [0.3, 0.4) is 0 Å². The average Bonchev–Trinajstić information content (AvgIpc) is 3.46. The molecule has 7 nitrogen and oxygen atoms in total. The van der Waals surface area contributed by atoms with E-state index in [2.05, 4.69) is 5.16 Å². The van der Waals surface area contributed by atoms with Gasteiger partial charge < -0.3 is 18.7 Å². The summed E-state index contributed by atoms with van der Waals surface area (Å²) in [5, 5.41) is 5.28. The number of fused-ring (bicyclic) bond motifs is 3. The molecule has 2 aromatic carbocycles. The summed E-state index contributed by atoms with van der Waals surface area (Å²) in [4.78, 5) is 27.4. The summed E-state index contributed by atoms with van der Waals surface area (Å²) in [5.74, 6) is -0.707. The van der Waals surface area contributed by atoms with E-state index in [0.29, 0.717) is 17.9 Å². The number of carbonyl (C=O) groups is 2. The standard InChI is InChI=1S/C25H22ClN3O4/c1-28-19-11-7-6-10-16(19)17-12-20(25(31)32-2)29(22(30)14-26)24(23(17)28)21-13-18(27-33-21)15-8-4-3-5-9-15/h3-11,13,20,24H,12,14H2,1-2H3. The average molecular weight is 464 g/mol. The molecule has 3 heterocycles. The van der Waals surface area contributed by atoms with E-state index in [0.717, 1.165) is 27.7 Å². The van der Waals surface area contributed by atoms with Crippen molar-refractivity contribution in [3.8, 4) is 11.3 Å². The molecule has 168 valence electrons. The third-order valence-electron chi connectivity index (χ3n) is 6.27. The molecule has 1 amide bonds. The van der Waals surface area contributed by atoms with Crippen LogP contribution in [0.1, 0.15) is 23.1 Å². The molecule has 0 fully saturated rings. The number of alkyl halides is 1. The van der Waals surface area contributed by atoms with Crippen molar-refractivity contribution >= 4 is 34.4 Å². The molecule has 0 radical (unpaired) electrons. The predicted octanol–water partition coefficient (Wildman–Crippen LogP) is 4.09. The summed E-state index contributed by atoms with van der Waals surface area (Å²) in [6, 6.07) is 17.9. The lowest BCUT2D eigenvalue weighted by molar-refractivity contribution is -0.154. The summed E-state index contributed by atoms with van der Waals surface area (Å²) in [6.45, 7) is 0. The zero-order valence-corrected chi connectivity index (χ0v) is 19.0. The molecule has 1 aliphatic rings. The molecule has 0 saturated carbocycles. The van der Waals surface area contributed by atoms with E-state index >= 15 is 0 Å². The second kappa shape index (κ2) is 8.41. The van der Waals surface area contributed by atoms with Gasteiger partial charge in [-0.05, 0) is 11.6 Å². The molecule has 33 heavy (non-hydrogen) atoms. The molecule has 0 bridgehead atoms. The van der Waals surface area contributed by atoms with Crippen molar-refractivity contribution in [2.75, 3.05) is 13.0 Å². The van der Waals surface area contributed by atoms with E-state index in [4.69, 9.17) is 20.9 Å². The smallest absolute Gasteiger partial charge is 0.328 e. The fourth-order valence-corrected chi connectivity index (χ4v) is 4.95. The Hall–Kier alpha value is -3.58. The van der Waals surface area contributed by atoms with Gasteiger partial charge in [0.15, 0.2) is 5.76 Å². The maximum absolute atomic E-state index is 13.1. The molecular weight excluding hydrogens is 442 g/mol. The Labute approximate surface area is 195 Å². The first-order valence-corrected chi connectivity index (χ1v) is 11.1. The lowest BCUT2D eigenvalue weighted by Crippen LogP contribution is -2.52. The molecule has 4 aromatic rings. The Kier molecular flexibility index (Phi) is 5.42. The van der Waals surface area contributed by atoms with Crippen molar-refractivity contribution in [3.63, 3.8) is 0 Å². The van der Waals surface area contributed by atoms with Gasteiger partial charge in [0, 0.05) is 36.0 Å². The molecule has 0 aliphatic carbocycles. The van der Waals surface area contributed by atoms with Gasteiger partial charge in [0.05, 0.1) is 12.8 Å². The van der Waals surface area contributed by atoms with Crippen LogP contribution in [0.2, 0.25) is 0 Å². The van der Waals surface area contributed by atoms with Crippen LogP contribution in [-0.2, 0) is 27.8 Å². The van der Waals surface area contributed by atoms with Crippen LogP contribution in [0.5, 0.6) is 0 Å². The number of methoxy groups -OCH3 is 1. The molecule has 0 N–H and O–H groups in total. The monoisotopic (exact) mass is 463 g/mol. The second-order valence-electron chi connectivity index (χ2n) is 8.00. The van der Waals surface area contributed by atoms with Crippen molar-refractivity contribution in [2.24, 2.45) is 7.05 Å². The highest BCUT2D eigenvalue weighted by molar-refractivity contribution is 6.27. The summed E-state index contributed by atoms with van der Waals surface area (Å²) in [7, 11) is 3.27. The zero-order valence-electron chi connectivity index (χ0n) is 18.2. The Balaban J connectivity index is 1.75. The van der Waals surface area contributed by atoms with Crippen molar-refractivity contribution in [3.05, 3.63) is 77.7 Å². The number of esters is 1. The van der Waals surface area contributed by atoms with Crippen molar-refractivity contribution in [1.82, 2.24) is 14.6 Å². The molecule has 1 aliphatic heterocycles. The first-order chi connectivity index (χ1) is 16.0. The summed E-state index contributed by atoms with van der Waals surface area (Å²) < 4.78 is 12.9. The summed E-state index contributed by atoms with van der Waals surface area (Å²) in [5.41, 5.74) is 4.37. The topological polar surface area (TPSA) is 77.6 Å². The van der Waals surface area contributed by atoms with Crippen LogP contribution >= 0.6 is 11.6 Å². The molecule has 5 rings (SSSR count). The first kappa shape index (κ1) is 21.3. The largest absolute Gasteiger partial charge is 0.467 e. The number of carbonyl (C=O) groups excluding carboxylic acids is 2. The van der Waals surface area contributed by atoms with Gasteiger partial charge in [-0.2, -0.15) is 0 Å². The molecule has 8 heteroatoms. The highest BCUT2D eigenvalue weighted by atomic mass is 35.5. The van der Waals surface area contributed by atoms with Gasteiger partial charge in [0.25, 0.3) is 0 Å². The van der Waals surface area contributed by atoms with E-state index in [9.17, 15) is 9.59 Å². The molecular formula is C25H22ClN3O4. The minimum Gasteiger partial charge on any atom is -0.467 e. The number of benzene rings is 2. The maximum atomic E-state index is 13.1. The van der Waals surface area contributed by atoms with Crippen LogP contribution < -0.4 is 0 Å². The SMILES string of the molecule is COC(=O)C1Cc2c(n(C)c3ccccc23)C(c2cc(-c3ccccc3)no2)N1C(=O)CCl. The van der Waals surface area contributed by atoms with Crippen LogP contribution in [0.15, 0.2) is 65.2 Å². The van der Waals surface area contributed by atoms with Gasteiger partial charge >= 0.3 is 5.97 Å². The van der Waals surface area contributed by atoms with Gasteiger partial charge in [-0.25, -0.2) is 4.79 Å². The Bertz CT molecular complexity index is 1340. The number of para-hydroxylation sites is 1. The van der Waals surface area contributed by atoms with Crippen LogP contribution in [0, 0.1) is 0 Å². The fourth-order valence-electron chi connectivity index (χ4n) is 4.81. The Morgan fingerprint density at radius 2 is 1.88 bits per heavy atom. The highest BCUT2D eigenvalue weighted by Gasteiger charge is 2.46. The van der Waals surface area contributed by atoms with Gasteiger partial charge in [-0.1, -0.05) is 53.7 Å². The quantitative estimate of drug-likeness (QED) is 0.336. The Morgan fingerprint density at radius 1 is 1.15 bits per heavy atom. The van der Waals surface area contributed by atoms with E-state index in [1.54, 1.807) is 0 Å². The molecule has 2 aromatic heterocycles. The molecule has 0 spiro atoms. The van der Waals surface area contributed by atoms with Gasteiger partial charge in [0.1, 0.15) is 23.7 Å². The van der Waals surface area contributed by atoms with Gasteiger partial charge in [0.2, 0.25) is 5.91 Å². The third kappa shape index (κ3) is 3.40. The molecule has 2 unspecified atom stereocenters.